The maximum absolute atomic E-state index is 13.2. The van der Waals surface area contributed by atoms with Crippen molar-refractivity contribution in [2.45, 2.75) is 63.8 Å². The molecule has 0 spiro atoms. The van der Waals surface area contributed by atoms with Crippen LogP contribution in [0.1, 0.15) is 40.0 Å². The Morgan fingerprint density at radius 2 is 2.11 bits per heavy atom. The Balaban J connectivity index is 2.16. The molecule has 3 aliphatic rings. The van der Waals surface area contributed by atoms with Gasteiger partial charge < -0.3 is 9.84 Å². The summed E-state index contributed by atoms with van der Waals surface area (Å²) < 4.78 is 18.5. The van der Waals surface area contributed by atoms with Crippen LogP contribution in [-0.4, -0.2) is 46.6 Å². The zero-order chi connectivity index (χ0) is 13.5. The summed E-state index contributed by atoms with van der Waals surface area (Å²) in [6.07, 6.45) is 1.17. The lowest BCUT2D eigenvalue weighted by Gasteiger charge is -2.52. The molecule has 2 bridgehead atoms. The van der Waals surface area contributed by atoms with Gasteiger partial charge in [0.25, 0.3) is 0 Å². The maximum Gasteiger partial charge on any atom is 0.410 e. The first-order chi connectivity index (χ1) is 8.33. The quantitative estimate of drug-likeness (QED) is 0.784. The molecule has 0 radical (unpaired) electrons. The summed E-state index contributed by atoms with van der Waals surface area (Å²) in [6, 6.07) is -0.715. The van der Waals surface area contributed by atoms with Crippen LogP contribution in [0.3, 0.4) is 0 Å². The molecule has 1 amide bonds. The van der Waals surface area contributed by atoms with Gasteiger partial charge in [0.05, 0.1) is 18.2 Å². The molecule has 0 aromatic carbocycles. The highest BCUT2D eigenvalue weighted by atomic mass is 19.1. The molecule has 1 saturated carbocycles. The lowest BCUT2D eigenvalue weighted by atomic mass is 9.73. The molecule has 2 saturated heterocycles. The average molecular weight is 259 g/mol. The minimum Gasteiger partial charge on any atom is -0.444 e. The van der Waals surface area contributed by atoms with Crippen LogP contribution in [-0.2, 0) is 4.74 Å². The predicted molar refractivity (Wildman–Crippen MR) is 65.0 cm³/mol. The number of rotatable bonds is 1. The third-order valence-corrected chi connectivity index (χ3v) is 3.84. The van der Waals surface area contributed by atoms with E-state index in [9.17, 15) is 14.3 Å². The molecule has 4 atom stereocenters. The van der Waals surface area contributed by atoms with Crippen LogP contribution >= 0.6 is 0 Å². The first-order valence-corrected chi connectivity index (χ1v) is 6.59. The van der Waals surface area contributed by atoms with Crippen LogP contribution in [0, 0.1) is 5.92 Å². The third kappa shape index (κ3) is 2.46. The zero-order valence-corrected chi connectivity index (χ0v) is 11.2. The first-order valence-electron chi connectivity index (χ1n) is 6.59. The van der Waals surface area contributed by atoms with Crippen molar-refractivity contribution < 1.29 is 19.0 Å². The second kappa shape index (κ2) is 4.68. The lowest BCUT2D eigenvalue weighted by Crippen LogP contribution is -2.64. The Hall–Kier alpha value is -0.840. The molecule has 1 aliphatic carbocycles. The van der Waals surface area contributed by atoms with E-state index in [2.05, 4.69) is 0 Å². The highest BCUT2D eigenvalue weighted by Crippen LogP contribution is 2.40. The summed E-state index contributed by atoms with van der Waals surface area (Å²) in [7, 11) is 0. The molecule has 2 aliphatic heterocycles. The van der Waals surface area contributed by atoms with E-state index in [0.29, 0.717) is 6.42 Å². The summed E-state index contributed by atoms with van der Waals surface area (Å²) in [5.41, 5.74) is -0.598. The van der Waals surface area contributed by atoms with Gasteiger partial charge in [0.1, 0.15) is 12.3 Å². The minimum absolute atomic E-state index is 0.0579. The van der Waals surface area contributed by atoms with Crippen molar-refractivity contribution in [2.24, 2.45) is 5.92 Å². The van der Waals surface area contributed by atoms with Crippen molar-refractivity contribution in [3.63, 3.8) is 0 Å². The second-order valence-corrected chi connectivity index (χ2v) is 6.32. The average Bonchev–Trinajstić information content (AvgIpc) is 2.26. The number of hydrogen-bond donors (Lipinski definition) is 1. The Morgan fingerprint density at radius 1 is 1.44 bits per heavy atom. The number of carbonyl (C=O) groups is 1. The van der Waals surface area contributed by atoms with E-state index >= 15 is 0 Å². The topological polar surface area (TPSA) is 49.8 Å². The van der Waals surface area contributed by atoms with Crippen molar-refractivity contribution in [3.8, 4) is 0 Å². The van der Waals surface area contributed by atoms with Crippen molar-refractivity contribution in [1.29, 1.82) is 0 Å². The van der Waals surface area contributed by atoms with E-state index in [0.717, 1.165) is 12.8 Å². The predicted octanol–water partition coefficient (Wildman–Crippen LogP) is 2.10. The Morgan fingerprint density at radius 3 is 2.61 bits per heavy atom. The fourth-order valence-corrected chi connectivity index (χ4v) is 3.10. The molecule has 3 rings (SSSR count). The summed E-state index contributed by atoms with van der Waals surface area (Å²) in [5, 5.41) is 9.96. The van der Waals surface area contributed by atoms with Crippen LogP contribution in [0.2, 0.25) is 0 Å². The minimum atomic E-state index is -0.598. The number of ether oxygens (including phenoxy) is 1. The standard InChI is InChI=1S/C13H22FNO3/c1-13(2,3)18-12(17)15-9-5-4-8(6-11(9)16)10(15)7-14/h8-11,16H,4-7H2,1-3H3. The normalized spacial score (nSPS) is 35.7. The molecule has 3 fully saturated rings. The van der Waals surface area contributed by atoms with E-state index in [1.165, 1.54) is 4.90 Å². The summed E-state index contributed by atoms with van der Waals surface area (Å²) in [5.74, 6) is 0.0579. The number of fused-ring (bicyclic) bond motifs is 3. The monoisotopic (exact) mass is 259 g/mol. The van der Waals surface area contributed by atoms with Crippen LogP contribution < -0.4 is 0 Å². The van der Waals surface area contributed by atoms with Crippen LogP contribution in [0.25, 0.3) is 0 Å². The van der Waals surface area contributed by atoms with E-state index in [1.54, 1.807) is 20.8 Å². The number of carbonyl (C=O) groups excluding carboxylic acids is 1. The van der Waals surface area contributed by atoms with E-state index in [1.807, 2.05) is 0 Å². The molecule has 18 heavy (non-hydrogen) atoms. The van der Waals surface area contributed by atoms with E-state index < -0.39 is 30.5 Å². The van der Waals surface area contributed by atoms with Gasteiger partial charge >= 0.3 is 6.09 Å². The zero-order valence-electron chi connectivity index (χ0n) is 11.2. The first kappa shape index (κ1) is 13.6. The van der Waals surface area contributed by atoms with Gasteiger partial charge in [-0.1, -0.05) is 0 Å². The van der Waals surface area contributed by atoms with Crippen molar-refractivity contribution in [3.05, 3.63) is 0 Å². The van der Waals surface area contributed by atoms with Crippen LogP contribution in [0.4, 0.5) is 9.18 Å². The fraction of sp³-hybridized carbons (Fsp3) is 0.923. The molecule has 2 heterocycles. The number of alkyl halides is 1. The number of aliphatic hydroxyl groups is 1. The van der Waals surface area contributed by atoms with Crippen LogP contribution in [0.15, 0.2) is 0 Å². The Kier molecular flexibility index (Phi) is 3.54. The maximum atomic E-state index is 13.2. The molecule has 0 aromatic rings. The van der Waals surface area contributed by atoms with Crippen molar-refractivity contribution in [2.75, 3.05) is 6.67 Å². The molecule has 1 N–H and O–H groups in total. The highest BCUT2D eigenvalue weighted by Gasteiger charge is 2.49. The van der Waals surface area contributed by atoms with Gasteiger partial charge in [-0.3, -0.25) is 4.90 Å². The lowest BCUT2D eigenvalue weighted by molar-refractivity contribution is -0.0976. The van der Waals surface area contributed by atoms with Crippen molar-refractivity contribution >= 4 is 6.09 Å². The molecule has 5 heteroatoms. The van der Waals surface area contributed by atoms with E-state index in [-0.39, 0.29) is 12.0 Å². The summed E-state index contributed by atoms with van der Waals surface area (Å²) >= 11 is 0. The van der Waals surface area contributed by atoms with Gasteiger partial charge in [-0.2, -0.15) is 0 Å². The Bertz CT molecular complexity index is 327. The Labute approximate surface area is 107 Å². The number of amides is 1. The number of aliphatic hydroxyl groups excluding tert-OH is 1. The van der Waals surface area contributed by atoms with E-state index in [4.69, 9.17) is 4.74 Å². The van der Waals surface area contributed by atoms with Crippen molar-refractivity contribution in [1.82, 2.24) is 4.90 Å². The largest absolute Gasteiger partial charge is 0.444 e. The van der Waals surface area contributed by atoms with Crippen LogP contribution in [0.5, 0.6) is 0 Å². The van der Waals surface area contributed by atoms with Gasteiger partial charge in [-0.05, 0) is 46.0 Å². The smallest absolute Gasteiger partial charge is 0.410 e. The highest BCUT2D eigenvalue weighted by molar-refractivity contribution is 5.69. The van der Waals surface area contributed by atoms with Gasteiger partial charge in [0.15, 0.2) is 0 Å². The number of nitrogens with zero attached hydrogens (tertiary/aromatic N) is 1. The number of hydrogen-bond acceptors (Lipinski definition) is 3. The SMILES string of the molecule is CC(C)(C)OC(=O)N1C2CCC(CC2O)C1CF. The summed E-state index contributed by atoms with van der Waals surface area (Å²) in [6.45, 7) is 4.79. The second-order valence-electron chi connectivity index (χ2n) is 6.32. The van der Waals surface area contributed by atoms with Gasteiger partial charge in [-0.15, -0.1) is 0 Å². The number of halogens is 1. The molecular weight excluding hydrogens is 237 g/mol. The summed E-state index contributed by atoms with van der Waals surface area (Å²) in [4.78, 5) is 13.6. The molecule has 4 nitrogen and oxygen atoms in total. The van der Waals surface area contributed by atoms with Gasteiger partial charge in [0.2, 0.25) is 0 Å². The molecule has 4 unspecified atom stereocenters. The number of piperidine rings is 2. The van der Waals surface area contributed by atoms with Gasteiger partial charge in [0, 0.05) is 0 Å². The third-order valence-electron chi connectivity index (χ3n) is 3.84. The fourth-order valence-electron chi connectivity index (χ4n) is 3.10. The molecular formula is C13H22FNO3. The molecule has 104 valence electrons. The van der Waals surface area contributed by atoms with Gasteiger partial charge in [-0.25, -0.2) is 9.18 Å². The molecule has 0 aromatic heterocycles.